The standard InChI is InChI=1S/C19H26BrN3O3/c1-6-12(7-2)26-19-18(21-4)22-16(17(20)23-19)14-10-9-13(25-8-3)11-15(14)24-5/h9-12H,6-8H2,1-5H3,(H,21,22). The van der Waals surface area contributed by atoms with Crippen molar-refractivity contribution in [3.8, 4) is 28.6 Å². The fraction of sp³-hybridized carbons (Fsp3) is 0.474. The molecule has 0 fully saturated rings. The van der Waals surface area contributed by atoms with Crippen LogP contribution in [0, 0.1) is 0 Å². The number of nitrogens with zero attached hydrogens (tertiary/aromatic N) is 2. The van der Waals surface area contributed by atoms with E-state index in [9.17, 15) is 0 Å². The van der Waals surface area contributed by atoms with Crippen LogP contribution in [0.25, 0.3) is 11.3 Å². The molecule has 0 bridgehead atoms. The molecule has 0 saturated heterocycles. The number of hydrogen-bond acceptors (Lipinski definition) is 6. The summed E-state index contributed by atoms with van der Waals surface area (Å²) in [5.41, 5.74) is 1.49. The van der Waals surface area contributed by atoms with E-state index in [-0.39, 0.29) is 6.10 Å². The maximum atomic E-state index is 6.00. The second-order valence-electron chi connectivity index (χ2n) is 5.62. The molecule has 0 aliphatic rings. The van der Waals surface area contributed by atoms with Gasteiger partial charge in [-0.05, 0) is 47.8 Å². The molecule has 1 aromatic heterocycles. The van der Waals surface area contributed by atoms with Crippen molar-refractivity contribution in [3.05, 3.63) is 22.8 Å². The minimum absolute atomic E-state index is 0.106. The highest BCUT2D eigenvalue weighted by Crippen LogP contribution is 2.38. The Morgan fingerprint density at radius 1 is 1.15 bits per heavy atom. The lowest BCUT2D eigenvalue weighted by Gasteiger charge is -2.18. The molecule has 2 aromatic rings. The largest absolute Gasteiger partial charge is 0.496 e. The molecule has 0 saturated carbocycles. The number of halogens is 1. The van der Waals surface area contributed by atoms with Crippen LogP contribution < -0.4 is 19.5 Å². The van der Waals surface area contributed by atoms with Crippen LogP contribution in [0.3, 0.4) is 0 Å². The lowest BCUT2D eigenvalue weighted by molar-refractivity contribution is 0.185. The highest BCUT2D eigenvalue weighted by atomic mass is 79.9. The van der Waals surface area contributed by atoms with Crippen LogP contribution >= 0.6 is 15.9 Å². The summed E-state index contributed by atoms with van der Waals surface area (Å²) in [5, 5.41) is 3.07. The van der Waals surface area contributed by atoms with Crippen LogP contribution in [-0.2, 0) is 0 Å². The third-order valence-electron chi connectivity index (χ3n) is 3.99. The second-order valence-corrected chi connectivity index (χ2v) is 6.37. The maximum Gasteiger partial charge on any atom is 0.258 e. The van der Waals surface area contributed by atoms with Crippen molar-refractivity contribution in [2.24, 2.45) is 0 Å². The van der Waals surface area contributed by atoms with Gasteiger partial charge in [0.25, 0.3) is 5.88 Å². The molecular weight excluding hydrogens is 398 g/mol. The smallest absolute Gasteiger partial charge is 0.258 e. The molecule has 2 rings (SSSR count). The minimum Gasteiger partial charge on any atom is -0.496 e. The van der Waals surface area contributed by atoms with Crippen LogP contribution in [0.4, 0.5) is 5.82 Å². The van der Waals surface area contributed by atoms with Gasteiger partial charge in [0.05, 0.1) is 13.7 Å². The third kappa shape index (κ3) is 4.58. The van der Waals surface area contributed by atoms with Gasteiger partial charge in [0.15, 0.2) is 5.82 Å². The van der Waals surface area contributed by atoms with E-state index in [1.807, 2.05) is 25.1 Å². The quantitative estimate of drug-likeness (QED) is 0.616. The summed E-state index contributed by atoms with van der Waals surface area (Å²) in [5.74, 6) is 2.49. The molecule has 26 heavy (non-hydrogen) atoms. The average molecular weight is 424 g/mol. The van der Waals surface area contributed by atoms with Gasteiger partial charge in [-0.25, -0.2) is 9.97 Å². The van der Waals surface area contributed by atoms with Crippen LogP contribution in [0.15, 0.2) is 22.8 Å². The molecule has 0 unspecified atom stereocenters. The number of anilines is 1. The predicted octanol–water partition coefficient (Wildman–Crippen LogP) is 4.92. The monoisotopic (exact) mass is 423 g/mol. The van der Waals surface area contributed by atoms with Gasteiger partial charge in [-0.1, -0.05) is 13.8 Å². The molecule has 0 spiro atoms. The van der Waals surface area contributed by atoms with Crippen molar-refractivity contribution >= 4 is 21.7 Å². The zero-order chi connectivity index (χ0) is 19.1. The van der Waals surface area contributed by atoms with Crippen molar-refractivity contribution in [2.75, 3.05) is 26.1 Å². The first-order chi connectivity index (χ1) is 12.6. The van der Waals surface area contributed by atoms with Crippen LogP contribution in [0.2, 0.25) is 0 Å². The fourth-order valence-corrected chi connectivity index (χ4v) is 3.02. The van der Waals surface area contributed by atoms with Gasteiger partial charge in [0, 0.05) is 18.7 Å². The van der Waals surface area contributed by atoms with Crippen molar-refractivity contribution in [3.63, 3.8) is 0 Å². The van der Waals surface area contributed by atoms with Gasteiger partial charge >= 0.3 is 0 Å². The molecule has 7 heteroatoms. The lowest BCUT2D eigenvalue weighted by Crippen LogP contribution is -2.16. The Morgan fingerprint density at radius 2 is 1.88 bits per heavy atom. The van der Waals surface area contributed by atoms with Crippen molar-refractivity contribution < 1.29 is 14.2 Å². The highest BCUT2D eigenvalue weighted by Gasteiger charge is 2.19. The first-order valence-electron chi connectivity index (χ1n) is 8.80. The average Bonchev–Trinajstić information content (AvgIpc) is 2.66. The second kappa shape index (κ2) is 9.62. The minimum atomic E-state index is 0.106. The number of nitrogens with one attached hydrogen (secondary N) is 1. The van der Waals surface area contributed by atoms with E-state index in [2.05, 4.69) is 40.1 Å². The van der Waals surface area contributed by atoms with E-state index >= 15 is 0 Å². The zero-order valence-electron chi connectivity index (χ0n) is 15.9. The molecule has 1 N–H and O–H groups in total. The summed E-state index contributed by atoms with van der Waals surface area (Å²) >= 11 is 3.53. The van der Waals surface area contributed by atoms with Gasteiger partial charge in [0.2, 0.25) is 0 Å². The number of rotatable bonds is 9. The summed E-state index contributed by atoms with van der Waals surface area (Å²) in [6, 6.07) is 5.66. The number of aromatic nitrogens is 2. The summed E-state index contributed by atoms with van der Waals surface area (Å²) in [7, 11) is 3.43. The van der Waals surface area contributed by atoms with Gasteiger partial charge in [-0.2, -0.15) is 0 Å². The van der Waals surface area contributed by atoms with Crippen molar-refractivity contribution in [2.45, 2.75) is 39.7 Å². The van der Waals surface area contributed by atoms with Gasteiger partial charge in [-0.3, -0.25) is 0 Å². The summed E-state index contributed by atoms with van der Waals surface area (Å²) in [6.45, 7) is 6.72. The van der Waals surface area contributed by atoms with Crippen molar-refractivity contribution in [1.29, 1.82) is 0 Å². The maximum absolute atomic E-state index is 6.00. The van der Waals surface area contributed by atoms with Crippen LogP contribution in [0.5, 0.6) is 17.4 Å². The molecule has 1 heterocycles. The summed E-state index contributed by atoms with van der Waals surface area (Å²) in [6.07, 6.45) is 1.93. The topological polar surface area (TPSA) is 65.5 Å². The van der Waals surface area contributed by atoms with E-state index in [0.717, 1.165) is 24.2 Å². The summed E-state index contributed by atoms with van der Waals surface area (Å²) < 4.78 is 17.7. The highest BCUT2D eigenvalue weighted by molar-refractivity contribution is 9.10. The molecule has 0 radical (unpaired) electrons. The van der Waals surface area contributed by atoms with E-state index in [4.69, 9.17) is 19.2 Å². The zero-order valence-corrected chi connectivity index (χ0v) is 17.5. The molecule has 142 valence electrons. The Hall–Kier alpha value is -2.02. The van der Waals surface area contributed by atoms with Crippen LogP contribution in [0.1, 0.15) is 33.6 Å². The number of hydrogen-bond donors (Lipinski definition) is 1. The lowest BCUT2D eigenvalue weighted by atomic mass is 10.1. The van der Waals surface area contributed by atoms with E-state index in [1.54, 1.807) is 14.2 Å². The molecule has 1 aromatic carbocycles. The summed E-state index contributed by atoms with van der Waals surface area (Å²) in [4.78, 5) is 9.27. The molecule has 0 aliphatic heterocycles. The van der Waals surface area contributed by atoms with Gasteiger partial charge < -0.3 is 19.5 Å². The van der Waals surface area contributed by atoms with Gasteiger partial charge in [-0.15, -0.1) is 0 Å². The molecule has 0 amide bonds. The van der Waals surface area contributed by atoms with Crippen molar-refractivity contribution in [1.82, 2.24) is 9.97 Å². The number of ether oxygens (including phenoxy) is 3. The Bertz CT molecular complexity index is 736. The first-order valence-corrected chi connectivity index (χ1v) is 9.60. The van der Waals surface area contributed by atoms with Gasteiger partial charge in [0.1, 0.15) is 27.9 Å². The van der Waals surface area contributed by atoms with E-state index < -0.39 is 0 Å². The molecule has 6 nitrogen and oxygen atoms in total. The molecular formula is C19H26BrN3O3. The fourth-order valence-electron chi connectivity index (χ4n) is 2.55. The third-order valence-corrected chi connectivity index (χ3v) is 4.54. The first kappa shape index (κ1) is 20.3. The van der Waals surface area contributed by atoms with E-state index in [0.29, 0.717) is 34.4 Å². The molecule has 0 atom stereocenters. The Morgan fingerprint density at radius 3 is 2.46 bits per heavy atom. The van der Waals surface area contributed by atoms with Crippen LogP contribution in [-0.4, -0.2) is 36.8 Å². The normalized spacial score (nSPS) is 10.7. The van der Waals surface area contributed by atoms with E-state index in [1.165, 1.54) is 0 Å². The molecule has 0 aliphatic carbocycles. The SMILES string of the molecule is CCOc1ccc(-c2nc(NC)c(OC(CC)CC)nc2Br)c(OC)c1. The Balaban J connectivity index is 2.47. The predicted molar refractivity (Wildman–Crippen MR) is 107 cm³/mol. The number of methoxy groups -OCH3 is 1. The Labute approximate surface area is 163 Å². The Kier molecular flexibility index (Phi) is 7.50. The number of benzene rings is 1.